The zero-order valence-corrected chi connectivity index (χ0v) is 19.5. The van der Waals surface area contributed by atoms with Crippen molar-refractivity contribution >= 4 is 16.7 Å². The largest absolute Gasteiger partial charge is 0.461 e. The van der Waals surface area contributed by atoms with Crippen LogP contribution < -0.4 is 5.32 Å². The summed E-state index contributed by atoms with van der Waals surface area (Å²) in [6, 6.07) is 23.1. The molecule has 0 spiro atoms. The molecule has 5 heteroatoms. The standard InChI is InChI=1S/C28H34N2O3/c1-22(26-10-4-8-24-7-2-3-9-27(24)26)29-15-5-6-23-11-13-25(14-12-23)28(31)33-21-18-30-16-19-32-20-17-30/h2-4,7-14,22,29H,5-6,15-21H2,1H3. The topological polar surface area (TPSA) is 50.8 Å². The maximum atomic E-state index is 12.3. The number of ether oxygens (including phenoxy) is 2. The van der Waals surface area contributed by atoms with Gasteiger partial charge in [-0.15, -0.1) is 0 Å². The molecule has 0 radical (unpaired) electrons. The highest BCUT2D eigenvalue weighted by atomic mass is 16.5. The van der Waals surface area contributed by atoms with E-state index in [4.69, 9.17) is 9.47 Å². The number of carbonyl (C=O) groups is 1. The first-order chi connectivity index (χ1) is 16.2. The Morgan fingerprint density at radius 1 is 1.03 bits per heavy atom. The first-order valence-corrected chi connectivity index (χ1v) is 12.0. The number of hydrogen-bond acceptors (Lipinski definition) is 5. The molecule has 0 bridgehead atoms. The molecule has 1 N–H and O–H groups in total. The number of esters is 1. The van der Waals surface area contributed by atoms with E-state index in [1.54, 1.807) is 0 Å². The third-order valence-electron chi connectivity index (χ3n) is 6.32. The SMILES string of the molecule is CC(NCCCc1ccc(C(=O)OCCN2CCOCC2)cc1)c1cccc2ccccc12. The number of hydrogen-bond donors (Lipinski definition) is 1. The molecule has 33 heavy (non-hydrogen) atoms. The molecule has 1 heterocycles. The lowest BCUT2D eigenvalue weighted by Crippen LogP contribution is -2.38. The van der Waals surface area contributed by atoms with Crippen LogP contribution >= 0.6 is 0 Å². The predicted octanol–water partition coefficient (Wildman–Crippen LogP) is 4.61. The Labute approximate surface area is 196 Å². The lowest BCUT2D eigenvalue weighted by molar-refractivity contribution is 0.0195. The molecule has 1 unspecified atom stereocenters. The Kier molecular flexibility index (Phi) is 8.47. The number of aryl methyl sites for hydroxylation is 1. The van der Waals surface area contributed by atoms with Crippen LogP contribution in [0, 0.1) is 0 Å². The molecule has 1 atom stereocenters. The maximum absolute atomic E-state index is 12.3. The third-order valence-corrected chi connectivity index (χ3v) is 6.32. The quantitative estimate of drug-likeness (QED) is 0.364. The highest BCUT2D eigenvalue weighted by Crippen LogP contribution is 2.24. The minimum Gasteiger partial charge on any atom is -0.461 e. The van der Waals surface area contributed by atoms with Gasteiger partial charge in [-0.25, -0.2) is 4.79 Å². The van der Waals surface area contributed by atoms with Gasteiger partial charge < -0.3 is 14.8 Å². The number of morpholine rings is 1. The second kappa shape index (κ2) is 11.9. The van der Waals surface area contributed by atoms with Crippen LogP contribution in [0.2, 0.25) is 0 Å². The minimum absolute atomic E-state index is 0.250. The van der Waals surface area contributed by atoms with Crippen LogP contribution in [0.25, 0.3) is 10.8 Å². The van der Waals surface area contributed by atoms with Crippen LogP contribution in [0.1, 0.15) is 40.9 Å². The molecule has 1 aliphatic heterocycles. The second-order valence-corrected chi connectivity index (χ2v) is 8.63. The van der Waals surface area contributed by atoms with Crippen LogP contribution in [-0.2, 0) is 15.9 Å². The molecule has 3 aromatic carbocycles. The summed E-state index contributed by atoms with van der Waals surface area (Å²) in [5.74, 6) is -0.250. The van der Waals surface area contributed by atoms with Gasteiger partial charge in [-0.2, -0.15) is 0 Å². The Hall–Kier alpha value is -2.73. The molecule has 3 aromatic rings. The second-order valence-electron chi connectivity index (χ2n) is 8.63. The molecular formula is C28H34N2O3. The first kappa shape index (κ1) is 23.4. The lowest BCUT2D eigenvalue weighted by atomic mass is 9.99. The molecule has 5 nitrogen and oxygen atoms in total. The molecule has 1 aliphatic rings. The Morgan fingerprint density at radius 2 is 1.79 bits per heavy atom. The van der Waals surface area contributed by atoms with E-state index in [2.05, 4.69) is 59.6 Å². The molecule has 4 rings (SSSR count). The molecule has 174 valence electrons. The van der Waals surface area contributed by atoms with E-state index in [1.165, 1.54) is 21.9 Å². The van der Waals surface area contributed by atoms with Gasteiger partial charge in [-0.1, -0.05) is 54.6 Å². The van der Waals surface area contributed by atoms with Crippen molar-refractivity contribution < 1.29 is 14.3 Å². The van der Waals surface area contributed by atoms with E-state index in [0.29, 0.717) is 18.2 Å². The van der Waals surface area contributed by atoms with E-state index < -0.39 is 0 Å². The van der Waals surface area contributed by atoms with Gasteiger partial charge in [0, 0.05) is 25.7 Å². The van der Waals surface area contributed by atoms with Gasteiger partial charge in [0.25, 0.3) is 0 Å². The smallest absolute Gasteiger partial charge is 0.338 e. The van der Waals surface area contributed by atoms with Crippen molar-refractivity contribution in [2.45, 2.75) is 25.8 Å². The maximum Gasteiger partial charge on any atom is 0.338 e. The monoisotopic (exact) mass is 446 g/mol. The summed E-state index contributed by atoms with van der Waals surface area (Å²) in [5, 5.41) is 6.25. The molecule has 1 saturated heterocycles. The fraction of sp³-hybridized carbons (Fsp3) is 0.393. The highest BCUT2D eigenvalue weighted by molar-refractivity contribution is 5.89. The zero-order valence-electron chi connectivity index (χ0n) is 19.5. The van der Waals surface area contributed by atoms with Gasteiger partial charge in [-0.05, 0) is 60.3 Å². The summed E-state index contributed by atoms with van der Waals surface area (Å²) in [6.07, 6.45) is 2.01. The fourth-order valence-electron chi connectivity index (χ4n) is 4.33. The molecular weight excluding hydrogens is 412 g/mol. The van der Waals surface area contributed by atoms with Crippen molar-refractivity contribution in [3.63, 3.8) is 0 Å². The average Bonchev–Trinajstić information content (AvgIpc) is 2.87. The predicted molar refractivity (Wildman–Crippen MR) is 133 cm³/mol. The highest BCUT2D eigenvalue weighted by Gasteiger charge is 2.12. The molecule has 0 aromatic heterocycles. The molecule has 1 fully saturated rings. The van der Waals surface area contributed by atoms with Crippen molar-refractivity contribution in [1.29, 1.82) is 0 Å². The summed E-state index contributed by atoms with van der Waals surface area (Å²) in [4.78, 5) is 14.5. The van der Waals surface area contributed by atoms with E-state index >= 15 is 0 Å². The van der Waals surface area contributed by atoms with E-state index in [0.717, 1.165) is 52.2 Å². The van der Waals surface area contributed by atoms with Crippen LogP contribution in [-0.4, -0.2) is 56.9 Å². The Morgan fingerprint density at radius 3 is 2.61 bits per heavy atom. The van der Waals surface area contributed by atoms with Gasteiger partial charge in [0.1, 0.15) is 6.61 Å². The van der Waals surface area contributed by atoms with E-state index in [9.17, 15) is 4.79 Å². The molecule has 0 saturated carbocycles. The van der Waals surface area contributed by atoms with Crippen molar-refractivity contribution in [3.8, 4) is 0 Å². The van der Waals surface area contributed by atoms with Crippen LogP contribution in [0.15, 0.2) is 66.7 Å². The number of fused-ring (bicyclic) bond motifs is 1. The van der Waals surface area contributed by atoms with Crippen molar-refractivity contribution in [2.75, 3.05) is 46.0 Å². The van der Waals surface area contributed by atoms with Gasteiger partial charge >= 0.3 is 5.97 Å². The summed E-state index contributed by atoms with van der Waals surface area (Å²) in [7, 11) is 0. The third kappa shape index (κ3) is 6.64. The Balaban J connectivity index is 1.18. The van der Waals surface area contributed by atoms with Crippen LogP contribution in [0.3, 0.4) is 0 Å². The van der Waals surface area contributed by atoms with Crippen LogP contribution in [0.4, 0.5) is 0 Å². The Bertz CT molecular complexity index is 1020. The number of nitrogens with one attached hydrogen (secondary N) is 1. The summed E-state index contributed by atoms with van der Waals surface area (Å²) in [5.41, 5.74) is 3.19. The molecule has 0 amide bonds. The number of rotatable bonds is 10. The summed E-state index contributed by atoms with van der Waals surface area (Å²) in [6.45, 7) is 7.67. The summed E-state index contributed by atoms with van der Waals surface area (Å²) < 4.78 is 10.8. The number of carbonyl (C=O) groups excluding carboxylic acids is 1. The normalized spacial score (nSPS) is 15.4. The van der Waals surface area contributed by atoms with Gasteiger partial charge in [0.15, 0.2) is 0 Å². The number of nitrogens with zero attached hydrogens (tertiary/aromatic N) is 1. The van der Waals surface area contributed by atoms with Crippen molar-refractivity contribution in [1.82, 2.24) is 10.2 Å². The van der Waals surface area contributed by atoms with Gasteiger partial charge in [0.05, 0.1) is 18.8 Å². The minimum atomic E-state index is -0.250. The van der Waals surface area contributed by atoms with E-state index in [-0.39, 0.29) is 5.97 Å². The number of benzene rings is 3. The fourth-order valence-corrected chi connectivity index (χ4v) is 4.33. The van der Waals surface area contributed by atoms with Crippen molar-refractivity contribution in [3.05, 3.63) is 83.4 Å². The average molecular weight is 447 g/mol. The van der Waals surface area contributed by atoms with Crippen LogP contribution in [0.5, 0.6) is 0 Å². The van der Waals surface area contributed by atoms with E-state index in [1.807, 2.05) is 24.3 Å². The summed E-state index contributed by atoms with van der Waals surface area (Å²) >= 11 is 0. The zero-order chi connectivity index (χ0) is 22.9. The lowest BCUT2D eigenvalue weighted by Gasteiger charge is -2.26. The van der Waals surface area contributed by atoms with Gasteiger partial charge in [-0.3, -0.25) is 4.90 Å². The first-order valence-electron chi connectivity index (χ1n) is 12.0. The van der Waals surface area contributed by atoms with Gasteiger partial charge in [0.2, 0.25) is 0 Å². The van der Waals surface area contributed by atoms with Crippen molar-refractivity contribution in [2.24, 2.45) is 0 Å². The molecule has 0 aliphatic carbocycles.